The monoisotopic (exact) mass is 593 g/mol. The van der Waals surface area contributed by atoms with Gasteiger partial charge < -0.3 is 26.0 Å². The van der Waals surface area contributed by atoms with Crippen molar-refractivity contribution in [3.8, 4) is 0 Å². The van der Waals surface area contributed by atoms with E-state index in [0.717, 1.165) is 21.8 Å². The largest absolute Gasteiger partial charge is 0.391 e. The van der Waals surface area contributed by atoms with Crippen LogP contribution >= 0.6 is 11.3 Å². The van der Waals surface area contributed by atoms with Crippen molar-refractivity contribution < 1.29 is 14.7 Å². The number of aliphatic hydroxyl groups is 1. The zero-order valence-corrected chi connectivity index (χ0v) is 26.5. The first-order valence-electron chi connectivity index (χ1n) is 14.8. The highest BCUT2D eigenvalue weighted by Crippen LogP contribution is 2.20. The number of hydrogen-bond acceptors (Lipinski definition) is 6. The minimum Gasteiger partial charge on any atom is -0.391 e. The van der Waals surface area contributed by atoms with E-state index in [1.807, 2.05) is 86.9 Å². The number of aliphatic hydroxyl groups excluding tert-OH is 1. The third-order valence-corrected chi connectivity index (χ3v) is 8.56. The molecule has 4 N–H and O–H groups in total. The summed E-state index contributed by atoms with van der Waals surface area (Å²) in [6.45, 7) is 8.38. The van der Waals surface area contributed by atoms with E-state index in [0.29, 0.717) is 31.7 Å². The number of nitrogens with zero attached hydrogens (tertiary/aromatic N) is 2. The first-order chi connectivity index (χ1) is 20.1. The van der Waals surface area contributed by atoms with Crippen molar-refractivity contribution in [2.45, 2.75) is 83.6 Å². The maximum atomic E-state index is 13.6. The standard InChI is InChI=1S/C33H47N5O3S/c1-22(2)30(37-33(41)38(6)20-27-21-42-32(36-27)23(3)4)31(40)35-26(17-24-13-9-7-10-14-24)19-29(39)28(34-5)18-25-15-11-8-12-16-25/h7-16,21-23,26,28-30,34,39H,17-20H2,1-6H3,(H,35,40)(H,37,41)/t26-,28-,29-,30-/m0/s1. The molecule has 0 aliphatic rings. The molecule has 228 valence electrons. The molecule has 0 unspecified atom stereocenters. The van der Waals surface area contributed by atoms with Gasteiger partial charge in [-0.15, -0.1) is 11.3 Å². The van der Waals surface area contributed by atoms with Crippen molar-refractivity contribution in [1.29, 1.82) is 0 Å². The molecule has 0 aliphatic carbocycles. The van der Waals surface area contributed by atoms with Crippen molar-refractivity contribution in [1.82, 2.24) is 25.8 Å². The second-order valence-corrected chi connectivity index (χ2v) is 12.5. The number of carbonyl (C=O) groups is 2. The molecule has 3 amide bonds. The third-order valence-electron chi connectivity index (χ3n) is 7.37. The summed E-state index contributed by atoms with van der Waals surface area (Å²) < 4.78 is 0. The molecule has 0 fully saturated rings. The number of amides is 3. The van der Waals surface area contributed by atoms with Gasteiger partial charge in [-0.3, -0.25) is 4.79 Å². The van der Waals surface area contributed by atoms with Crippen molar-refractivity contribution in [3.63, 3.8) is 0 Å². The lowest BCUT2D eigenvalue weighted by Crippen LogP contribution is -2.55. The van der Waals surface area contributed by atoms with Gasteiger partial charge in [0.15, 0.2) is 0 Å². The Hall–Kier alpha value is -3.27. The number of aromatic nitrogens is 1. The molecular formula is C33H47N5O3S. The molecule has 8 nitrogen and oxygen atoms in total. The highest BCUT2D eigenvalue weighted by Gasteiger charge is 2.30. The van der Waals surface area contributed by atoms with Crippen LogP contribution in [-0.2, 0) is 24.2 Å². The van der Waals surface area contributed by atoms with Crippen LogP contribution in [-0.4, -0.2) is 65.3 Å². The van der Waals surface area contributed by atoms with Crippen LogP contribution in [0.25, 0.3) is 0 Å². The Morgan fingerprint density at radius 1 is 0.929 bits per heavy atom. The summed E-state index contributed by atoms with van der Waals surface area (Å²) >= 11 is 1.59. The lowest BCUT2D eigenvalue weighted by molar-refractivity contribution is -0.124. The van der Waals surface area contributed by atoms with E-state index in [2.05, 4.69) is 34.8 Å². The third kappa shape index (κ3) is 10.2. The number of nitrogens with one attached hydrogen (secondary N) is 3. The van der Waals surface area contributed by atoms with Crippen LogP contribution in [0, 0.1) is 5.92 Å². The molecule has 0 bridgehead atoms. The number of rotatable bonds is 15. The SMILES string of the molecule is CN[C@@H](Cc1ccccc1)[C@@H](O)C[C@H](Cc1ccccc1)NC(=O)[C@@H](NC(=O)N(C)Cc1csc(C(C)C)n1)C(C)C. The van der Waals surface area contributed by atoms with Crippen molar-refractivity contribution in [2.75, 3.05) is 14.1 Å². The van der Waals surface area contributed by atoms with Crippen molar-refractivity contribution in [2.24, 2.45) is 5.92 Å². The molecule has 0 spiro atoms. The quantitative estimate of drug-likeness (QED) is 0.204. The average molecular weight is 594 g/mol. The average Bonchev–Trinajstić information content (AvgIpc) is 3.44. The molecule has 3 rings (SSSR count). The van der Waals surface area contributed by atoms with E-state index in [4.69, 9.17) is 0 Å². The Labute approximate surface area is 255 Å². The van der Waals surface area contributed by atoms with Crippen LogP contribution < -0.4 is 16.0 Å². The van der Waals surface area contributed by atoms with E-state index in [1.165, 1.54) is 0 Å². The molecule has 0 saturated carbocycles. The summed E-state index contributed by atoms with van der Waals surface area (Å²) in [5.74, 6) is -0.0692. The van der Waals surface area contributed by atoms with Gasteiger partial charge in [-0.05, 0) is 43.4 Å². The molecular weight excluding hydrogens is 546 g/mol. The Balaban J connectivity index is 1.69. The summed E-state index contributed by atoms with van der Waals surface area (Å²) in [5, 5.41) is 23.6. The van der Waals surface area contributed by atoms with E-state index in [-0.39, 0.29) is 29.9 Å². The van der Waals surface area contributed by atoms with Gasteiger partial charge in [-0.25, -0.2) is 9.78 Å². The Kier molecular flexibility index (Phi) is 13.0. The lowest BCUT2D eigenvalue weighted by atomic mass is 9.93. The molecule has 9 heteroatoms. The van der Waals surface area contributed by atoms with E-state index in [1.54, 1.807) is 23.3 Å². The number of thiazole rings is 1. The molecule has 0 saturated heterocycles. The van der Waals surface area contributed by atoms with Gasteiger partial charge in [0.1, 0.15) is 6.04 Å². The van der Waals surface area contributed by atoms with Crippen LogP contribution in [0.1, 0.15) is 61.9 Å². The maximum Gasteiger partial charge on any atom is 0.318 e. The molecule has 3 aromatic rings. The van der Waals surface area contributed by atoms with E-state index < -0.39 is 12.1 Å². The topological polar surface area (TPSA) is 107 Å². The Morgan fingerprint density at radius 2 is 1.52 bits per heavy atom. The summed E-state index contributed by atoms with van der Waals surface area (Å²) in [4.78, 5) is 32.9. The minimum atomic E-state index is -0.735. The number of urea groups is 1. The molecule has 2 aromatic carbocycles. The van der Waals surface area contributed by atoms with E-state index >= 15 is 0 Å². The number of likely N-dealkylation sites (N-methyl/N-ethyl adjacent to an activating group) is 1. The van der Waals surface area contributed by atoms with Crippen LogP contribution in [0.15, 0.2) is 66.0 Å². The second-order valence-electron chi connectivity index (χ2n) is 11.6. The van der Waals surface area contributed by atoms with Gasteiger partial charge in [0.25, 0.3) is 0 Å². The normalized spacial score (nSPS) is 14.3. The van der Waals surface area contributed by atoms with Gasteiger partial charge in [0.2, 0.25) is 5.91 Å². The number of benzene rings is 2. The molecule has 1 heterocycles. The predicted molar refractivity (Wildman–Crippen MR) is 171 cm³/mol. The van der Waals surface area contributed by atoms with Crippen LogP contribution in [0.3, 0.4) is 0 Å². The summed E-state index contributed by atoms with van der Waals surface area (Å²) in [6, 6.07) is 18.4. The predicted octanol–water partition coefficient (Wildman–Crippen LogP) is 4.74. The minimum absolute atomic E-state index is 0.139. The van der Waals surface area contributed by atoms with Gasteiger partial charge in [0, 0.05) is 30.4 Å². The Morgan fingerprint density at radius 3 is 2.05 bits per heavy atom. The van der Waals surface area contributed by atoms with Gasteiger partial charge in [-0.1, -0.05) is 88.4 Å². The zero-order valence-electron chi connectivity index (χ0n) is 25.7. The van der Waals surface area contributed by atoms with Crippen LogP contribution in [0.5, 0.6) is 0 Å². The number of carbonyl (C=O) groups excluding carboxylic acids is 2. The molecule has 0 radical (unpaired) electrons. The molecule has 1 aromatic heterocycles. The first-order valence-corrected chi connectivity index (χ1v) is 15.6. The number of hydrogen-bond donors (Lipinski definition) is 4. The highest BCUT2D eigenvalue weighted by atomic mass is 32.1. The second kappa shape index (κ2) is 16.4. The van der Waals surface area contributed by atoms with Gasteiger partial charge in [-0.2, -0.15) is 0 Å². The molecule has 0 aliphatic heterocycles. The smallest absolute Gasteiger partial charge is 0.318 e. The van der Waals surface area contributed by atoms with Crippen molar-refractivity contribution in [3.05, 3.63) is 87.9 Å². The summed E-state index contributed by atoms with van der Waals surface area (Å²) in [5.41, 5.74) is 3.02. The first kappa shape index (κ1) is 33.2. The van der Waals surface area contributed by atoms with Crippen molar-refractivity contribution >= 4 is 23.3 Å². The van der Waals surface area contributed by atoms with Crippen LogP contribution in [0.2, 0.25) is 0 Å². The lowest BCUT2D eigenvalue weighted by Gasteiger charge is -2.30. The fraction of sp³-hybridized carbons (Fsp3) is 0.485. The molecule has 42 heavy (non-hydrogen) atoms. The highest BCUT2D eigenvalue weighted by molar-refractivity contribution is 7.09. The van der Waals surface area contributed by atoms with Gasteiger partial charge in [0.05, 0.1) is 23.4 Å². The van der Waals surface area contributed by atoms with Crippen LogP contribution in [0.4, 0.5) is 4.79 Å². The maximum absolute atomic E-state index is 13.6. The molecule has 4 atom stereocenters. The van der Waals surface area contributed by atoms with Gasteiger partial charge >= 0.3 is 6.03 Å². The summed E-state index contributed by atoms with van der Waals surface area (Å²) in [6.07, 6.45) is 0.890. The summed E-state index contributed by atoms with van der Waals surface area (Å²) in [7, 11) is 3.55. The fourth-order valence-electron chi connectivity index (χ4n) is 4.89. The Bertz CT molecular complexity index is 1230. The fourth-order valence-corrected chi connectivity index (χ4v) is 5.72. The zero-order chi connectivity index (χ0) is 30.6. The van der Waals surface area contributed by atoms with E-state index in [9.17, 15) is 14.7 Å².